The van der Waals surface area contributed by atoms with Crippen molar-refractivity contribution in [3.8, 4) is 0 Å². The van der Waals surface area contributed by atoms with Crippen LogP contribution in [0.25, 0.3) is 0 Å². The Hall–Kier alpha value is -2.09. The number of anilines is 1. The molecule has 178 valence electrons. The van der Waals surface area contributed by atoms with Crippen molar-refractivity contribution >= 4 is 53.6 Å². The van der Waals surface area contributed by atoms with Crippen LogP contribution in [0, 0.1) is 0 Å². The Morgan fingerprint density at radius 3 is 2.48 bits per heavy atom. The number of thiol groups is 1. The third-order valence-corrected chi connectivity index (χ3v) is 6.38. The molecule has 1 aliphatic rings. The number of halogens is 2. The summed E-state index contributed by atoms with van der Waals surface area (Å²) >= 11 is 17.6. The molecule has 9 heteroatoms. The summed E-state index contributed by atoms with van der Waals surface area (Å²) in [7, 11) is 1.28. The molecule has 0 bridgehead atoms. The van der Waals surface area contributed by atoms with Gasteiger partial charge in [-0.3, -0.25) is 0 Å². The zero-order valence-corrected chi connectivity index (χ0v) is 21.4. The van der Waals surface area contributed by atoms with Gasteiger partial charge < -0.3 is 20.1 Å². The SMILES string of the molecule is COC(=O)[C@H](Cc1ccc2c(c1)C(S)CC(c1c(Cl)cccc1Cl)N2)NC(=O)OC(C)(C)C. The van der Waals surface area contributed by atoms with Crippen LogP contribution in [0.3, 0.4) is 0 Å². The molecule has 2 unspecified atom stereocenters. The molecule has 33 heavy (non-hydrogen) atoms. The number of hydrogen-bond acceptors (Lipinski definition) is 6. The number of rotatable bonds is 5. The first-order valence-electron chi connectivity index (χ1n) is 10.6. The quantitative estimate of drug-likeness (QED) is 0.333. The highest BCUT2D eigenvalue weighted by Crippen LogP contribution is 2.45. The molecule has 0 saturated heterocycles. The van der Waals surface area contributed by atoms with Gasteiger partial charge >= 0.3 is 12.1 Å². The molecular weight excluding hydrogens is 483 g/mol. The standard InChI is InChI=1S/C24H28Cl2N2O4S/c1-24(2,3)32-23(30)28-19(22(29)31-4)11-13-8-9-17-14(10-13)20(33)12-18(27-17)21-15(25)6-5-7-16(21)26/h5-10,18-20,27,33H,11-12H2,1-4H3,(H,28,30)/t18?,19-,20?/m0/s1. The summed E-state index contributed by atoms with van der Waals surface area (Å²) in [5.41, 5.74) is 2.94. The van der Waals surface area contributed by atoms with Gasteiger partial charge in [0.25, 0.3) is 0 Å². The van der Waals surface area contributed by atoms with Crippen LogP contribution in [0.2, 0.25) is 10.0 Å². The number of amides is 1. The Balaban J connectivity index is 1.79. The molecule has 1 amide bonds. The lowest BCUT2D eigenvalue weighted by Gasteiger charge is -2.32. The number of fused-ring (bicyclic) bond motifs is 1. The van der Waals surface area contributed by atoms with Crippen molar-refractivity contribution in [2.24, 2.45) is 0 Å². The Bertz CT molecular complexity index is 1020. The molecule has 2 aromatic carbocycles. The van der Waals surface area contributed by atoms with Gasteiger partial charge in [0.15, 0.2) is 0 Å². The van der Waals surface area contributed by atoms with Crippen molar-refractivity contribution in [3.63, 3.8) is 0 Å². The van der Waals surface area contributed by atoms with Crippen molar-refractivity contribution in [3.05, 3.63) is 63.1 Å². The zero-order valence-electron chi connectivity index (χ0n) is 18.9. The Morgan fingerprint density at radius 2 is 1.88 bits per heavy atom. The monoisotopic (exact) mass is 510 g/mol. The third kappa shape index (κ3) is 6.49. The van der Waals surface area contributed by atoms with Gasteiger partial charge in [0, 0.05) is 33.0 Å². The van der Waals surface area contributed by atoms with E-state index in [0.29, 0.717) is 16.5 Å². The maximum absolute atomic E-state index is 12.3. The summed E-state index contributed by atoms with van der Waals surface area (Å²) in [6.07, 6.45) is 0.253. The number of carbonyl (C=O) groups excluding carboxylic acids is 2. The van der Waals surface area contributed by atoms with Gasteiger partial charge in [-0.1, -0.05) is 41.4 Å². The fourth-order valence-corrected chi connectivity index (χ4v) is 4.88. The average molecular weight is 511 g/mol. The summed E-state index contributed by atoms with van der Waals surface area (Å²) in [4.78, 5) is 24.5. The molecule has 6 nitrogen and oxygen atoms in total. The molecule has 2 aromatic rings. The average Bonchev–Trinajstić information content (AvgIpc) is 2.71. The molecule has 0 aromatic heterocycles. The van der Waals surface area contributed by atoms with Crippen LogP contribution >= 0.6 is 35.8 Å². The molecule has 3 rings (SSSR count). The summed E-state index contributed by atoms with van der Waals surface area (Å²) in [6.45, 7) is 5.27. The second kappa shape index (κ2) is 10.5. The molecule has 0 fully saturated rings. The highest BCUT2D eigenvalue weighted by molar-refractivity contribution is 7.80. The lowest BCUT2D eigenvalue weighted by Crippen LogP contribution is -2.45. The molecule has 0 saturated carbocycles. The Kier molecular flexibility index (Phi) is 8.08. The molecular formula is C24H28Cl2N2O4S. The van der Waals surface area contributed by atoms with Gasteiger partial charge in [-0.05, 0) is 56.5 Å². The Labute approximate surface area is 209 Å². The number of esters is 1. The predicted molar refractivity (Wildman–Crippen MR) is 134 cm³/mol. The minimum Gasteiger partial charge on any atom is -0.467 e. The molecule has 0 radical (unpaired) electrons. The van der Waals surface area contributed by atoms with Crippen molar-refractivity contribution < 1.29 is 19.1 Å². The highest BCUT2D eigenvalue weighted by Gasteiger charge is 2.30. The van der Waals surface area contributed by atoms with Crippen molar-refractivity contribution in [1.82, 2.24) is 5.32 Å². The van der Waals surface area contributed by atoms with Crippen LogP contribution in [0.1, 0.15) is 55.2 Å². The van der Waals surface area contributed by atoms with Crippen LogP contribution in [-0.4, -0.2) is 30.8 Å². The van der Waals surface area contributed by atoms with Gasteiger partial charge in [-0.25, -0.2) is 9.59 Å². The third-order valence-electron chi connectivity index (χ3n) is 5.23. The van der Waals surface area contributed by atoms with E-state index in [-0.39, 0.29) is 17.7 Å². The van der Waals surface area contributed by atoms with E-state index in [1.165, 1.54) is 7.11 Å². The van der Waals surface area contributed by atoms with E-state index in [1.807, 2.05) is 36.4 Å². The molecule has 0 spiro atoms. The van der Waals surface area contributed by atoms with Crippen LogP contribution in [0.4, 0.5) is 10.5 Å². The topological polar surface area (TPSA) is 76.7 Å². The maximum Gasteiger partial charge on any atom is 0.408 e. The van der Waals surface area contributed by atoms with E-state index < -0.39 is 23.7 Å². The second-order valence-electron chi connectivity index (χ2n) is 8.93. The second-order valence-corrected chi connectivity index (χ2v) is 10.4. The number of hydrogen-bond donors (Lipinski definition) is 3. The van der Waals surface area contributed by atoms with E-state index in [9.17, 15) is 9.59 Å². The predicted octanol–water partition coefficient (Wildman–Crippen LogP) is 6.13. The molecule has 0 aliphatic carbocycles. The number of methoxy groups -OCH3 is 1. The van der Waals surface area contributed by atoms with Crippen molar-refractivity contribution in [2.75, 3.05) is 12.4 Å². The molecule has 1 heterocycles. The minimum absolute atomic E-state index is 0.0751. The van der Waals surface area contributed by atoms with E-state index >= 15 is 0 Å². The van der Waals surface area contributed by atoms with Crippen LogP contribution in [-0.2, 0) is 20.7 Å². The van der Waals surface area contributed by atoms with E-state index in [1.54, 1.807) is 20.8 Å². The summed E-state index contributed by atoms with van der Waals surface area (Å²) in [6, 6.07) is 10.3. The summed E-state index contributed by atoms with van der Waals surface area (Å²) in [5.74, 6) is -0.549. The zero-order chi connectivity index (χ0) is 24.3. The van der Waals surface area contributed by atoms with E-state index in [2.05, 4.69) is 10.6 Å². The van der Waals surface area contributed by atoms with Crippen LogP contribution in [0.5, 0.6) is 0 Å². The number of nitrogens with one attached hydrogen (secondary N) is 2. The maximum atomic E-state index is 12.3. The minimum atomic E-state index is -0.882. The fraction of sp³-hybridized carbons (Fsp3) is 0.417. The highest BCUT2D eigenvalue weighted by atomic mass is 35.5. The summed E-state index contributed by atoms with van der Waals surface area (Å²) < 4.78 is 10.2. The van der Waals surface area contributed by atoms with Gasteiger partial charge in [0.1, 0.15) is 11.6 Å². The van der Waals surface area contributed by atoms with Gasteiger partial charge in [0.2, 0.25) is 0 Å². The van der Waals surface area contributed by atoms with Crippen molar-refractivity contribution in [2.45, 2.75) is 56.5 Å². The Morgan fingerprint density at radius 1 is 1.21 bits per heavy atom. The van der Waals surface area contributed by atoms with Gasteiger partial charge in [-0.15, -0.1) is 0 Å². The summed E-state index contributed by atoms with van der Waals surface area (Å²) in [5, 5.41) is 7.24. The molecule has 2 N–H and O–H groups in total. The number of alkyl carbamates (subject to hydrolysis) is 1. The number of ether oxygens (including phenoxy) is 2. The first-order valence-corrected chi connectivity index (χ1v) is 11.8. The smallest absolute Gasteiger partial charge is 0.408 e. The molecule has 1 aliphatic heterocycles. The first-order chi connectivity index (χ1) is 15.5. The van der Waals surface area contributed by atoms with Gasteiger partial charge in [0.05, 0.1) is 13.2 Å². The lowest BCUT2D eigenvalue weighted by atomic mass is 9.91. The normalized spacial score (nSPS) is 18.5. The molecule has 3 atom stereocenters. The fourth-order valence-electron chi connectivity index (χ4n) is 3.80. The first kappa shape index (κ1) is 25.5. The van der Waals surface area contributed by atoms with Crippen LogP contribution in [0.15, 0.2) is 36.4 Å². The van der Waals surface area contributed by atoms with E-state index in [0.717, 1.165) is 22.4 Å². The van der Waals surface area contributed by atoms with Crippen LogP contribution < -0.4 is 10.6 Å². The number of carbonyl (C=O) groups is 2. The van der Waals surface area contributed by atoms with Gasteiger partial charge in [-0.2, -0.15) is 12.6 Å². The largest absolute Gasteiger partial charge is 0.467 e. The van der Waals surface area contributed by atoms with Crippen molar-refractivity contribution in [1.29, 1.82) is 0 Å². The van der Waals surface area contributed by atoms with E-state index in [4.69, 9.17) is 45.3 Å². The lowest BCUT2D eigenvalue weighted by molar-refractivity contribution is -0.143. The number of benzene rings is 2.